The minimum absolute atomic E-state index is 0.349. The van der Waals surface area contributed by atoms with Crippen molar-refractivity contribution in [3.05, 3.63) is 71.0 Å². The highest BCUT2D eigenvalue weighted by Crippen LogP contribution is 2.29. The lowest BCUT2D eigenvalue weighted by Crippen LogP contribution is -2.13. The molecule has 0 saturated heterocycles. The molecule has 0 amide bonds. The Hall–Kier alpha value is -1.88. The molecule has 2 aromatic carbocycles. The van der Waals surface area contributed by atoms with Crippen LogP contribution in [0.1, 0.15) is 22.7 Å². The minimum Gasteiger partial charge on any atom is -0.324 e. The van der Waals surface area contributed by atoms with Gasteiger partial charge in [-0.15, -0.1) is 0 Å². The number of rotatable bonds is 3. The second kappa shape index (κ2) is 5.63. The Balaban J connectivity index is 2.10. The zero-order chi connectivity index (χ0) is 14.8. The van der Waals surface area contributed by atoms with Crippen LogP contribution >= 0.6 is 0 Å². The van der Waals surface area contributed by atoms with Crippen molar-refractivity contribution in [2.75, 3.05) is 0 Å². The van der Waals surface area contributed by atoms with E-state index < -0.39 is 17.8 Å². The SMILES string of the molecule is NC(Cc1ccc(C(F)(F)F)cc1)c1cccc(F)c1. The average Bonchev–Trinajstić information content (AvgIpc) is 2.38. The van der Waals surface area contributed by atoms with Crippen LogP contribution in [0.15, 0.2) is 48.5 Å². The number of nitrogens with two attached hydrogens (primary N) is 1. The van der Waals surface area contributed by atoms with Crippen molar-refractivity contribution < 1.29 is 17.6 Å². The maximum atomic E-state index is 13.1. The fourth-order valence-electron chi connectivity index (χ4n) is 1.94. The van der Waals surface area contributed by atoms with Gasteiger partial charge in [-0.25, -0.2) is 4.39 Å². The highest BCUT2D eigenvalue weighted by molar-refractivity contribution is 5.27. The lowest BCUT2D eigenvalue weighted by Gasteiger charge is -2.13. The highest BCUT2D eigenvalue weighted by atomic mass is 19.4. The summed E-state index contributed by atoms with van der Waals surface area (Å²) in [6.45, 7) is 0. The Kier molecular flexibility index (Phi) is 4.09. The molecule has 0 radical (unpaired) electrons. The Morgan fingerprint density at radius 3 is 2.20 bits per heavy atom. The van der Waals surface area contributed by atoms with Gasteiger partial charge in [0.05, 0.1) is 5.56 Å². The van der Waals surface area contributed by atoms with Gasteiger partial charge in [0.15, 0.2) is 0 Å². The lowest BCUT2D eigenvalue weighted by molar-refractivity contribution is -0.137. The van der Waals surface area contributed by atoms with Gasteiger partial charge >= 0.3 is 6.18 Å². The largest absolute Gasteiger partial charge is 0.416 e. The van der Waals surface area contributed by atoms with E-state index in [1.165, 1.54) is 24.3 Å². The molecule has 1 atom stereocenters. The van der Waals surface area contributed by atoms with E-state index in [2.05, 4.69) is 0 Å². The van der Waals surface area contributed by atoms with Crippen molar-refractivity contribution >= 4 is 0 Å². The summed E-state index contributed by atoms with van der Waals surface area (Å²) in [5.74, 6) is -0.384. The van der Waals surface area contributed by atoms with Gasteiger partial charge in [0.1, 0.15) is 5.82 Å². The molecule has 0 aliphatic heterocycles. The number of hydrogen-bond acceptors (Lipinski definition) is 1. The molecule has 0 aliphatic rings. The summed E-state index contributed by atoms with van der Waals surface area (Å²) in [7, 11) is 0. The maximum Gasteiger partial charge on any atom is 0.416 e. The fraction of sp³-hybridized carbons (Fsp3) is 0.200. The average molecular weight is 283 g/mol. The smallest absolute Gasteiger partial charge is 0.324 e. The summed E-state index contributed by atoms with van der Waals surface area (Å²) in [5.41, 5.74) is 6.53. The predicted molar refractivity (Wildman–Crippen MR) is 68.5 cm³/mol. The van der Waals surface area contributed by atoms with Crippen LogP contribution in [0.2, 0.25) is 0 Å². The predicted octanol–water partition coefficient (Wildman–Crippen LogP) is 4.09. The van der Waals surface area contributed by atoms with Crippen molar-refractivity contribution in [1.29, 1.82) is 0 Å². The van der Waals surface area contributed by atoms with E-state index >= 15 is 0 Å². The van der Waals surface area contributed by atoms with Crippen LogP contribution < -0.4 is 5.73 Å². The van der Waals surface area contributed by atoms with Crippen LogP contribution in [-0.2, 0) is 12.6 Å². The van der Waals surface area contributed by atoms with Gasteiger partial charge in [0, 0.05) is 6.04 Å². The van der Waals surface area contributed by atoms with Crippen molar-refractivity contribution in [2.24, 2.45) is 5.73 Å². The monoisotopic (exact) mass is 283 g/mol. The molecule has 5 heteroatoms. The molecule has 0 fully saturated rings. The third-order valence-electron chi connectivity index (χ3n) is 3.01. The van der Waals surface area contributed by atoms with Crippen LogP contribution in [0.3, 0.4) is 0 Å². The Morgan fingerprint density at radius 1 is 1.00 bits per heavy atom. The van der Waals surface area contributed by atoms with Crippen molar-refractivity contribution in [1.82, 2.24) is 0 Å². The molecule has 20 heavy (non-hydrogen) atoms. The standard InChI is InChI=1S/C15H13F4N/c16-13-3-1-2-11(9-13)14(20)8-10-4-6-12(7-5-10)15(17,18)19/h1-7,9,14H,8,20H2. The molecule has 0 saturated carbocycles. The summed E-state index contributed by atoms with van der Waals surface area (Å²) < 4.78 is 50.3. The number of alkyl halides is 3. The number of benzene rings is 2. The third kappa shape index (κ3) is 3.57. The topological polar surface area (TPSA) is 26.0 Å². The van der Waals surface area contributed by atoms with E-state index in [9.17, 15) is 17.6 Å². The molecule has 2 aromatic rings. The van der Waals surface area contributed by atoms with E-state index in [1.54, 1.807) is 12.1 Å². The van der Waals surface area contributed by atoms with Crippen LogP contribution in [0.4, 0.5) is 17.6 Å². The summed E-state index contributed by atoms with van der Waals surface area (Å²) in [5, 5.41) is 0. The Labute approximate surface area is 114 Å². The van der Waals surface area contributed by atoms with Gasteiger partial charge in [0.2, 0.25) is 0 Å². The quantitative estimate of drug-likeness (QED) is 0.844. The second-order valence-corrected chi connectivity index (χ2v) is 4.56. The first kappa shape index (κ1) is 14.5. The maximum absolute atomic E-state index is 13.1. The molecule has 0 spiro atoms. The number of hydrogen-bond donors (Lipinski definition) is 1. The van der Waals surface area contributed by atoms with Crippen LogP contribution in [-0.4, -0.2) is 0 Å². The zero-order valence-electron chi connectivity index (χ0n) is 10.5. The van der Waals surface area contributed by atoms with Crippen molar-refractivity contribution in [3.8, 4) is 0 Å². The molecule has 0 heterocycles. The lowest BCUT2D eigenvalue weighted by atomic mass is 9.99. The van der Waals surface area contributed by atoms with E-state index in [4.69, 9.17) is 5.73 Å². The summed E-state index contributed by atoms with van der Waals surface area (Å²) in [4.78, 5) is 0. The minimum atomic E-state index is -4.34. The van der Waals surface area contributed by atoms with E-state index in [1.807, 2.05) is 0 Å². The molecular weight excluding hydrogens is 270 g/mol. The molecule has 0 bridgehead atoms. The third-order valence-corrected chi connectivity index (χ3v) is 3.01. The fourth-order valence-corrected chi connectivity index (χ4v) is 1.94. The van der Waals surface area contributed by atoms with Crippen LogP contribution in [0.5, 0.6) is 0 Å². The second-order valence-electron chi connectivity index (χ2n) is 4.56. The van der Waals surface area contributed by atoms with Gasteiger partial charge in [-0.05, 0) is 41.8 Å². The molecule has 1 unspecified atom stereocenters. The van der Waals surface area contributed by atoms with Gasteiger partial charge in [-0.2, -0.15) is 13.2 Å². The normalized spacial score (nSPS) is 13.2. The van der Waals surface area contributed by atoms with Gasteiger partial charge < -0.3 is 5.73 Å². The van der Waals surface area contributed by atoms with Crippen LogP contribution in [0, 0.1) is 5.82 Å². The van der Waals surface area contributed by atoms with Gasteiger partial charge in [0.25, 0.3) is 0 Å². The van der Waals surface area contributed by atoms with Crippen molar-refractivity contribution in [2.45, 2.75) is 18.6 Å². The van der Waals surface area contributed by atoms with E-state index in [-0.39, 0.29) is 5.82 Å². The molecule has 0 aromatic heterocycles. The summed E-state index contributed by atoms with van der Waals surface area (Å²) >= 11 is 0. The number of halogens is 4. The first-order valence-electron chi connectivity index (χ1n) is 6.03. The Morgan fingerprint density at radius 2 is 1.65 bits per heavy atom. The molecule has 2 N–H and O–H groups in total. The van der Waals surface area contributed by atoms with E-state index in [0.29, 0.717) is 17.5 Å². The van der Waals surface area contributed by atoms with Gasteiger partial charge in [-0.1, -0.05) is 24.3 Å². The molecule has 106 valence electrons. The van der Waals surface area contributed by atoms with E-state index in [0.717, 1.165) is 12.1 Å². The molecule has 0 aliphatic carbocycles. The summed E-state index contributed by atoms with van der Waals surface area (Å²) in [6, 6.07) is 10.3. The highest BCUT2D eigenvalue weighted by Gasteiger charge is 2.29. The molecule has 2 rings (SSSR count). The Bertz CT molecular complexity index is 575. The first-order valence-corrected chi connectivity index (χ1v) is 6.03. The molecule has 1 nitrogen and oxygen atoms in total. The first-order chi connectivity index (χ1) is 9.36. The van der Waals surface area contributed by atoms with Gasteiger partial charge in [-0.3, -0.25) is 0 Å². The van der Waals surface area contributed by atoms with Crippen molar-refractivity contribution in [3.63, 3.8) is 0 Å². The van der Waals surface area contributed by atoms with Crippen LogP contribution in [0.25, 0.3) is 0 Å². The zero-order valence-corrected chi connectivity index (χ0v) is 10.5. The summed E-state index contributed by atoms with van der Waals surface area (Å²) in [6.07, 6.45) is -4.00. The molecular formula is C15H13F4N.